The van der Waals surface area contributed by atoms with Gasteiger partial charge in [0.1, 0.15) is 5.82 Å². The summed E-state index contributed by atoms with van der Waals surface area (Å²) >= 11 is 1.39. The Labute approximate surface area is 165 Å². The molecule has 1 aromatic heterocycles. The predicted octanol–water partition coefficient (Wildman–Crippen LogP) is 5.03. The Kier molecular flexibility index (Phi) is 5.98. The van der Waals surface area contributed by atoms with Gasteiger partial charge in [-0.25, -0.2) is 4.98 Å². The second kappa shape index (κ2) is 8.26. The second-order valence-electron chi connectivity index (χ2n) is 6.50. The van der Waals surface area contributed by atoms with Crippen LogP contribution >= 0.6 is 11.8 Å². The van der Waals surface area contributed by atoms with E-state index in [4.69, 9.17) is 0 Å². The number of carbonyl (C=O) groups is 1. The number of fused-ring (bicyclic) bond motifs is 1. The average Bonchev–Trinajstić information content (AvgIpc) is 3.09. The molecule has 0 aliphatic rings. The van der Waals surface area contributed by atoms with Crippen LogP contribution in [0.2, 0.25) is 0 Å². The number of halogens is 3. The SMILES string of the molecule is CC(SCC(=O)N(C)Cc1ccccc1C(F)(F)F)c1nc2ccccc2[nH]1. The first-order valence-electron chi connectivity index (χ1n) is 8.71. The smallest absolute Gasteiger partial charge is 0.341 e. The maximum Gasteiger partial charge on any atom is 0.416 e. The number of H-pyrrole nitrogens is 1. The van der Waals surface area contributed by atoms with Crippen molar-refractivity contribution in [1.82, 2.24) is 14.9 Å². The molecule has 1 atom stereocenters. The van der Waals surface area contributed by atoms with Gasteiger partial charge in [-0.3, -0.25) is 4.79 Å². The van der Waals surface area contributed by atoms with E-state index in [9.17, 15) is 18.0 Å². The van der Waals surface area contributed by atoms with Crippen LogP contribution in [0.5, 0.6) is 0 Å². The van der Waals surface area contributed by atoms with Crippen LogP contribution in [0.25, 0.3) is 11.0 Å². The third kappa shape index (κ3) is 4.67. The molecule has 0 fully saturated rings. The van der Waals surface area contributed by atoms with Crippen molar-refractivity contribution >= 4 is 28.7 Å². The first-order chi connectivity index (χ1) is 13.3. The quantitative estimate of drug-likeness (QED) is 0.623. The lowest BCUT2D eigenvalue weighted by molar-refractivity contribution is -0.139. The van der Waals surface area contributed by atoms with Gasteiger partial charge < -0.3 is 9.88 Å². The molecule has 0 aliphatic heterocycles. The largest absolute Gasteiger partial charge is 0.416 e. The summed E-state index contributed by atoms with van der Waals surface area (Å²) in [5.74, 6) is 0.692. The summed E-state index contributed by atoms with van der Waals surface area (Å²) in [7, 11) is 1.52. The molecule has 0 aliphatic carbocycles. The van der Waals surface area contributed by atoms with Crippen LogP contribution < -0.4 is 0 Å². The Morgan fingerprint density at radius 2 is 1.86 bits per heavy atom. The van der Waals surface area contributed by atoms with Gasteiger partial charge in [0.25, 0.3) is 0 Å². The highest BCUT2D eigenvalue weighted by molar-refractivity contribution is 8.00. The van der Waals surface area contributed by atoms with Crippen molar-refractivity contribution < 1.29 is 18.0 Å². The number of imidazole rings is 1. The maximum absolute atomic E-state index is 13.1. The molecule has 0 radical (unpaired) electrons. The van der Waals surface area contributed by atoms with Gasteiger partial charge in [-0.1, -0.05) is 30.3 Å². The van der Waals surface area contributed by atoms with Gasteiger partial charge in [0, 0.05) is 13.6 Å². The third-order valence-corrected chi connectivity index (χ3v) is 5.54. The first-order valence-corrected chi connectivity index (χ1v) is 9.76. The summed E-state index contributed by atoms with van der Waals surface area (Å²) in [6, 6.07) is 13.0. The molecule has 1 unspecified atom stereocenters. The molecule has 0 spiro atoms. The highest BCUT2D eigenvalue weighted by Gasteiger charge is 2.33. The molecule has 1 N–H and O–H groups in total. The Morgan fingerprint density at radius 1 is 1.18 bits per heavy atom. The molecule has 8 heteroatoms. The van der Waals surface area contributed by atoms with Gasteiger partial charge in [-0.05, 0) is 30.7 Å². The first kappa shape index (κ1) is 20.3. The van der Waals surface area contributed by atoms with Crippen LogP contribution in [0, 0.1) is 0 Å². The fraction of sp³-hybridized carbons (Fsp3) is 0.300. The van der Waals surface area contributed by atoms with Crippen LogP contribution in [-0.2, 0) is 17.5 Å². The number of aromatic amines is 1. The second-order valence-corrected chi connectivity index (χ2v) is 7.83. The number of hydrogen-bond acceptors (Lipinski definition) is 3. The fourth-order valence-corrected chi connectivity index (χ4v) is 3.71. The minimum atomic E-state index is -4.44. The standard InChI is InChI=1S/C20H20F3N3OS/c1-13(19-24-16-9-5-6-10-17(16)25-19)28-12-18(27)26(2)11-14-7-3-4-8-15(14)20(21,22)23/h3-10,13H,11-12H2,1-2H3,(H,24,25). The number of rotatable bonds is 6. The summed E-state index contributed by atoms with van der Waals surface area (Å²) in [5.41, 5.74) is 1.16. The Morgan fingerprint density at radius 3 is 2.57 bits per heavy atom. The van der Waals surface area contributed by atoms with Gasteiger partial charge in [0.05, 0.1) is 27.6 Å². The molecule has 0 saturated carbocycles. The van der Waals surface area contributed by atoms with Crippen LogP contribution in [-0.4, -0.2) is 33.6 Å². The van der Waals surface area contributed by atoms with Gasteiger partial charge >= 0.3 is 6.18 Å². The van der Waals surface area contributed by atoms with E-state index in [1.165, 1.54) is 35.8 Å². The number of carbonyl (C=O) groups excluding carboxylic acids is 1. The number of para-hydroxylation sites is 2. The molecule has 1 amide bonds. The number of hydrogen-bond donors (Lipinski definition) is 1. The van der Waals surface area contributed by atoms with Gasteiger partial charge in [-0.15, -0.1) is 11.8 Å². The van der Waals surface area contributed by atoms with Crippen molar-refractivity contribution in [1.29, 1.82) is 0 Å². The minimum Gasteiger partial charge on any atom is -0.341 e. The monoisotopic (exact) mass is 407 g/mol. The Hall–Kier alpha value is -2.48. The van der Waals surface area contributed by atoms with Crippen molar-refractivity contribution in [3.63, 3.8) is 0 Å². The molecule has 3 aromatic rings. The van der Waals surface area contributed by atoms with E-state index in [0.29, 0.717) is 0 Å². The van der Waals surface area contributed by atoms with Gasteiger partial charge in [0.2, 0.25) is 5.91 Å². The van der Waals surface area contributed by atoms with Gasteiger partial charge in [0.15, 0.2) is 0 Å². The molecule has 0 saturated heterocycles. The lowest BCUT2D eigenvalue weighted by Crippen LogP contribution is -2.29. The van der Waals surface area contributed by atoms with Crippen molar-refractivity contribution in [2.75, 3.05) is 12.8 Å². The number of amides is 1. The zero-order valence-corrected chi connectivity index (χ0v) is 16.3. The summed E-state index contributed by atoms with van der Waals surface area (Å²) in [4.78, 5) is 21.5. The summed E-state index contributed by atoms with van der Waals surface area (Å²) in [6.07, 6.45) is -4.44. The van der Waals surface area contributed by atoms with Crippen LogP contribution in [0.1, 0.15) is 29.1 Å². The lowest BCUT2D eigenvalue weighted by atomic mass is 10.1. The Balaban J connectivity index is 1.60. The topological polar surface area (TPSA) is 49.0 Å². The number of alkyl halides is 3. The minimum absolute atomic E-state index is 0.0489. The summed E-state index contributed by atoms with van der Waals surface area (Å²) in [5, 5.41) is -0.0489. The molecule has 0 bridgehead atoms. The van der Waals surface area contributed by atoms with Crippen LogP contribution in [0.15, 0.2) is 48.5 Å². The van der Waals surface area contributed by atoms with Crippen LogP contribution in [0.4, 0.5) is 13.2 Å². The van der Waals surface area contributed by atoms with E-state index in [-0.39, 0.29) is 29.0 Å². The molecular weight excluding hydrogens is 387 g/mol. The predicted molar refractivity (Wildman–Crippen MR) is 105 cm³/mol. The molecule has 28 heavy (non-hydrogen) atoms. The molecule has 2 aromatic carbocycles. The number of nitrogens with zero attached hydrogens (tertiary/aromatic N) is 2. The Bertz CT molecular complexity index is 937. The van der Waals surface area contributed by atoms with Gasteiger partial charge in [-0.2, -0.15) is 13.2 Å². The van der Waals surface area contributed by atoms with E-state index in [0.717, 1.165) is 22.9 Å². The number of thioether (sulfide) groups is 1. The van der Waals surface area contributed by atoms with Crippen molar-refractivity contribution in [2.24, 2.45) is 0 Å². The lowest BCUT2D eigenvalue weighted by Gasteiger charge is -2.20. The van der Waals surface area contributed by atoms with Crippen molar-refractivity contribution in [3.8, 4) is 0 Å². The number of benzene rings is 2. The summed E-state index contributed by atoms with van der Waals surface area (Å²) < 4.78 is 39.3. The average molecular weight is 407 g/mol. The van der Waals surface area contributed by atoms with E-state index < -0.39 is 11.7 Å². The van der Waals surface area contributed by atoms with E-state index in [1.807, 2.05) is 31.2 Å². The molecule has 148 valence electrons. The molecule has 4 nitrogen and oxygen atoms in total. The molecule has 1 heterocycles. The van der Waals surface area contributed by atoms with E-state index in [1.54, 1.807) is 6.07 Å². The fourth-order valence-electron chi connectivity index (χ4n) is 2.83. The third-order valence-electron chi connectivity index (χ3n) is 4.41. The maximum atomic E-state index is 13.1. The van der Waals surface area contributed by atoms with E-state index in [2.05, 4.69) is 9.97 Å². The van der Waals surface area contributed by atoms with Crippen molar-refractivity contribution in [2.45, 2.75) is 24.9 Å². The molecular formula is C20H20F3N3OS. The number of aromatic nitrogens is 2. The van der Waals surface area contributed by atoms with Crippen molar-refractivity contribution in [3.05, 3.63) is 65.5 Å². The number of nitrogens with one attached hydrogen (secondary N) is 1. The molecule has 3 rings (SSSR count). The van der Waals surface area contributed by atoms with Crippen LogP contribution in [0.3, 0.4) is 0 Å². The van der Waals surface area contributed by atoms with E-state index >= 15 is 0 Å². The summed E-state index contributed by atoms with van der Waals surface area (Å²) in [6.45, 7) is 1.85. The highest BCUT2D eigenvalue weighted by Crippen LogP contribution is 2.32. The zero-order chi connectivity index (χ0) is 20.3. The zero-order valence-electron chi connectivity index (χ0n) is 15.5. The highest BCUT2D eigenvalue weighted by atomic mass is 32.2. The normalized spacial score (nSPS) is 12.9.